The van der Waals surface area contributed by atoms with E-state index in [9.17, 15) is 4.79 Å². The lowest BCUT2D eigenvalue weighted by Crippen LogP contribution is -2.39. The van der Waals surface area contributed by atoms with Gasteiger partial charge in [0.2, 0.25) is 0 Å². The number of hydrogen-bond acceptors (Lipinski definition) is 2. The van der Waals surface area contributed by atoms with Crippen LogP contribution in [0.3, 0.4) is 0 Å². The van der Waals surface area contributed by atoms with E-state index in [0.29, 0.717) is 11.6 Å². The summed E-state index contributed by atoms with van der Waals surface area (Å²) in [7, 11) is 3.84. The average molecular weight is 362 g/mol. The van der Waals surface area contributed by atoms with E-state index < -0.39 is 0 Å². The Labute approximate surface area is 160 Å². The molecule has 1 amide bonds. The zero-order chi connectivity index (χ0) is 18.8. The second-order valence-corrected chi connectivity index (χ2v) is 7.47. The molecule has 3 heterocycles. The highest BCUT2D eigenvalue weighted by Gasteiger charge is 2.26. The Bertz CT molecular complexity index is 917. The van der Waals surface area contributed by atoms with Crippen molar-refractivity contribution in [2.75, 3.05) is 13.1 Å². The Balaban J connectivity index is 1.41. The molecule has 0 spiro atoms. The highest BCUT2D eigenvalue weighted by molar-refractivity contribution is 5.93. The third-order valence-electron chi connectivity index (χ3n) is 5.57. The van der Waals surface area contributed by atoms with Crippen LogP contribution in [-0.2, 0) is 20.5 Å². The van der Waals surface area contributed by atoms with E-state index in [1.807, 2.05) is 48.0 Å². The number of nitrogens with zero attached hydrogens (tertiary/aromatic N) is 4. The number of aromatic nitrogens is 3. The SMILES string of the molecule is Cn1cccc1-c1cc(C(=O)N2CCC(Cc3ccccc3)CC2)n(C)n1. The monoisotopic (exact) mass is 362 g/mol. The molecule has 140 valence electrons. The molecule has 3 aromatic rings. The van der Waals surface area contributed by atoms with Crippen LogP contribution in [0.5, 0.6) is 0 Å². The van der Waals surface area contributed by atoms with Gasteiger partial charge >= 0.3 is 0 Å². The van der Waals surface area contributed by atoms with Crippen molar-refractivity contribution in [3.8, 4) is 11.4 Å². The van der Waals surface area contributed by atoms with E-state index in [1.54, 1.807) is 4.68 Å². The fourth-order valence-corrected chi connectivity index (χ4v) is 3.97. The average Bonchev–Trinajstić information content (AvgIpc) is 3.28. The molecule has 2 aromatic heterocycles. The molecule has 0 unspecified atom stereocenters. The van der Waals surface area contributed by atoms with Crippen LogP contribution in [0.2, 0.25) is 0 Å². The summed E-state index contributed by atoms with van der Waals surface area (Å²) in [6.45, 7) is 1.64. The maximum absolute atomic E-state index is 13.0. The Morgan fingerprint density at radius 1 is 1.07 bits per heavy atom. The molecular weight excluding hydrogens is 336 g/mol. The van der Waals surface area contributed by atoms with Crippen LogP contribution < -0.4 is 0 Å². The van der Waals surface area contributed by atoms with Crippen molar-refractivity contribution < 1.29 is 4.79 Å². The first kappa shape index (κ1) is 17.6. The largest absolute Gasteiger partial charge is 0.349 e. The quantitative estimate of drug-likeness (QED) is 0.713. The molecule has 1 fully saturated rings. The first-order valence-electron chi connectivity index (χ1n) is 9.61. The number of aryl methyl sites for hydroxylation is 2. The minimum atomic E-state index is 0.0867. The van der Waals surface area contributed by atoms with Gasteiger partial charge in [0.15, 0.2) is 0 Å². The van der Waals surface area contributed by atoms with Gasteiger partial charge in [-0.25, -0.2) is 0 Å². The Morgan fingerprint density at radius 2 is 1.81 bits per heavy atom. The van der Waals surface area contributed by atoms with Crippen molar-refractivity contribution in [1.29, 1.82) is 0 Å². The normalized spacial score (nSPS) is 15.3. The smallest absolute Gasteiger partial charge is 0.272 e. The summed E-state index contributed by atoms with van der Waals surface area (Å²) in [4.78, 5) is 15.0. The molecule has 5 heteroatoms. The standard InChI is InChI=1S/C22H26N4O/c1-24-12-6-9-20(24)19-16-21(25(2)23-19)22(27)26-13-10-18(11-14-26)15-17-7-4-3-5-8-17/h3-9,12,16,18H,10-11,13-15H2,1-2H3. The van der Waals surface area contributed by atoms with Gasteiger partial charge in [-0.1, -0.05) is 30.3 Å². The van der Waals surface area contributed by atoms with Gasteiger partial charge in [-0.2, -0.15) is 5.10 Å². The van der Waals surface area contributed by atoms with Gasteiger partial charge in [0.05, 0.1) is 5.69 Å². The molecule has 0 radical (unpaired) electrons. The summed E-state index contributed by atoms with van der Waals surface area (Å²) in [6, 6.07) is 16.6. The van der Waals surface area contributed by atoms with Gasteiger partial charge in [0, 0.05) is 33.4 Å². The van der Waals surface area contributed by atoms with E-state index in [1.165, 1.54) is 5.56 Å². The minimum Gasteiger partial charge on any atom is -0.349 e. The number of hydrogen-bond donors (Lipinski definition) is 0. The molecule has 0 atom stereocenters. The molecular formula is C22H26N4O. The zero-order valence-corrected chi connectivity index (χ0v) is 16.0. The highest BCUT2D eigenvalue weighted by atomic mass is 16.2. The summed E-state index contributed by atoms with van der Waals surface area (Å²) in [5.74, 6) is 0.741. The molecule has 1 aliphatic heterocycles. The van der Waals surface area contributed by atoms with Crippen LogP contribution in [0.4, 0.5) is 0 Å². The molecule has 1 saturated heterocycles. The van der Waals surface area contributed by atoms with Gasteiger partial charge in [-0.05, 0) is 48.9 Å². The number of amides is 1. The maximum atomic E-state index is 13.0. The van der Waals surface area contributed by atoms with Crippen LogP contribution in [0.1, 0.15) is 28.9 Å². The lowest BCUT2D eigenvalue weighted by Gasteiger charge is -2.32. The zero-order valence-electron chi connectivity index (χ0n) is 16.0. The number of benzene rings is 1. The molecule has 1 aromatic carbocycles. The fourth-order valence-electron chi connectivity index (χ4n) is 3.97. The van der Waals surface area contributed by atoms with E-state index in [4.69, 9.17) is 0 Å². The predicted molar refractivity (Wildman–Crippen MR) is 106 cm³/mol. The minimum absolute atomic E-state index is 0.0867. The molecule has 4 rings (SSSR count). The Morgan fingerprint density at radius 3 is 2.48 bits per heavy atom. The number of rotatable bonds is 4. The van der Waals surface area contributed by atoms with Crippen molar-refractivity contribution in [3.05, 3.63) is 66.0 Å². The predicted octanol–water partition coefficient (Wildman–Crippen LogP) is 3.52. The van der Waals surface area contributed by atoms with Gasteiger partial charge in [0.1, 0.15) is 11.4 Å². The lowest BCUT2D eigenvalue weighted by molar-refractivity contribution is 0.0679. The first-order chi connectivity index (χ1) is 13.1. The van der Waals surface area contributed by atoms with E-state index >= 15 is 0 Å². The highest BCUT2D eigenvalue weighted by Crippen LogP contribution is 2.24. The van der Waals surface area contributed by atoms with Gasteiger partial charge in [-0.3, -0.25) is 9.48 Å². The molecule has 5 nitrogen and oxygen atoms in total. The number of carbonyl (C=O) groups excluding carboxylic acids is 1. The summed E-state index contributed by atoms with van der Waals surface area (Å²) < 4.78 is 3.73. The van der Waals surface area contributed by atoms with Crippen molar-refractivity contribution in [2.45, 2.75) is 19.3 Å². The van der Waals surface area contributed by atoms with Crippen molar-refractivity contribution in [2.24, 2.45) is 20.0 Å². The summed E-state index contributed by atoms with van der Waals surface area (Å²) in [6.07, 6.45) is 5.21. The van der Waals surface area contributed by atoms with Gasteiger partial charge < -0.3 is 9.47 Å². The summed E-state index contributed by atoms with van der Waals surface area (Å²) >= 11 is 0. The third kappa shape index (κ3) is 3.68. The Kier molecular flexibility index (Phi) is 4.84. The van der Waals surface area contributed by atoms with Crippen molar-refractivity contribution in [3.63, 3.8) is 0 Å². The summed E-state index contributed by atoms with van der Waals surface area (Å²) in [5.41, 5.74) is 3.91. The Hall–Kier alpha value is -2.82. The van der Waals surface area contributed by atoms with Crippen LogP contribution in [0.25, 0.3) is 11.4 Å². The molecule has 0 saturated carbocycles. The lowest BCUT2D eigenvalue weighted by atomic mass is 9.90. The van der Waals surface area contributed by atoms with Crippen LogP contribution in [0.15, 0.2) is 54.7 Å². The molecule has 27 heavy (non-hydrogen) atoms. The number of likely N-dealkylation sites (tertiary alicyclic amines) is 1. The van der Waals surface area contributed by atoms with E-state index in [-0.39, 0.29) is 5.91 Å². The fraction of sp³-hybridized carbons (Fsp3) is 0.364. The van der Waals surface area contributed by atoms with Crippen molar-refractivity contribution in [1.82, 2.24) is 19.2 Å². The van der Waals surface area contributed by atoms with Crippen LogP contribution in [-0.4, -0.2) is 38.2 Å². The van der Waals surface area contributed by atoms with Crippen LogP contribution in [0, 0.1) is 5.92 Å². The summed E-state index contributed by atoms with van der Waals surface area (Å²) in [5, 5.41) is 4.55. The molecule has 0 N–H and O–H groups in total. The molecule has 0 bridgehead atoms. The second kappa shape index (κ2) is 7.43. The van der Waals surface area contributed by atoms with Crippen LogP contribution >= 0.6 is 0 Å². The first-order valence-corrected chi connectivity index (χ1v) is 9.61. The van der Waals surface area contributed by atoms with Gasteiger partial charge in [0.25, 0.3) is 5.91 Å². The van der Waals surface area contributed by atoms with E-state index in [2.05, 4.69) is 35.4 Å². The van der Waals surface area contributed by atoms with E-state index in [0.717, 1.165) is 43.7 Å². The third-order valence-corrected chi connectivity index (χ3v) is 5.57. The van der Waals surface area contributed by atoms with Gasteiger partial charge in [-0.15, -0.1) is 0 Å². The molecule has 0 aliphatic carbocycles. The number of carbonyl (C=O) groups is 1. The molecule has 1 aliphatic rings. The maximum Gasteiger partial charge on any atom is 0.272 e. The number of piperidine rings is 1. The van der Waals surface area contributed by atoms with Crippen molar-refractivity contribution >= 4 is 5.91 Å². The second-order valence-electron chi connectivity index (χ2n) is 7.47. The topological polar surface area (TPSA) is 43.1 Å².